The van der Waals surface area contributed by atoms with E-state index < -0.39 is 9.84 Å². The van der Waals surface area contributed by atoms with Crippen LogP contribution in [0.4, 0.5) is 5.82 Å². The van der Waals surface area contributed by atoms with Crippen LogP contribution in [0.2, 0.25) is 0 Å². The van der Waals surface area contributed by atoms with Crippen molar-refractivity contribution >= 4 is 21.6 Å². The average molecular weight is 400 g/mol. The van der Waals surface area contributed by atoms with Gasteiger partial charge in [0.15, 0.2) is 9.84 Å². The Kier molecular flexibility index (Phi) is 5.10. The fraction of sp³-hybridized carbons (Fsp3) is 0.429. The lowest BCUT2D eigenvalue weighted by molar-refractivity contribution is 0.0770. The lowest BCUT2D eigenvalue weighted by Gasteiger charge is -2.27. The van der Waals surface area contributed by atoms with E-state index in [1.54, 1.807) is 17.2 Å². The van der Waals surface area contributed by atoms with Crippen molar-refractivity contribution in [2.24, 2.45) is 0 Å². The maximum atomic E-state index is 12.6. The number of benzene rings is 1. The molecule has 2 aliphatic heterocycles. The molecule has 2 unspecified atom stereocenters. The zero-order valence-electron chi connectivity index (χ0n) is 16.0. The van der Waals surface area contributed by atoms with Crippen molar-refractivity contribution in [3.05, 3.63) is 59.8 Å². The third kappa shape index (κ3) is 3.90. The Labute approximate surface area is 166 Å². The first-order valence-corrected chi connectivity index (χ1v) is 11.5. The number of hydrogen-bond donors (Lipinski definition) is 0. The molecule has 2 atom stereocenters. The molecule has 3 heterocycles. The number of aromatic nitrogens is 1. The van der Waals surface area contributed by atoms with Crippen molar-refractivity contribution in [3.63, 3.8) is 0 Å². The molecule has 0 radical (unpaired) electrons. The van der Waals surface area contributed by atoms with E-state index in [1.807, 2.05) is 12.1 Å². The van der Waals surface area contributed by atoms with E-state index in [0.29, 0.717) is 17.5 Å². The van der Waals surface area contributed by atoms with Crippen LogP contribution < -0.4 is 4.90 Å². The number of carbonyl (C=O) groups is 1. The van der Waals surface area contributed by atoms with Gasteiger partial charge in [-0.2, -0.15) is 0 Å². The number of pyridine rings is 1. The number of carbonyl (C=O) groups excluding carboxylic acids is 1. The van der Waals surface area contributed by atoms with Crippen molar-refractivity contribution in [2.45, 2.75) is 25.3 Å². The first-order valence-electron chi connectivity index (χ1n) is 9.70. The van der Waals surface area contributed by atoms with Crippen molar-refractivity contribution in [1.82, 2.24) is 9.88 Å². The van der Waals surface area contributed by atoms with Gasteiger partial charge in [0.2, 0.25) is 0 Å². The molecule has 148 valence electrons. The van der Waals surface area contributed by atoms with Crippen molar-refractivity contribution in [2.75, 3.05) is 36.0 Å². The van der Waals surface area contributed by atoms with E-state index in [1.165, 1.54) is 5.56 Å². The van der Waals surface area contributed by atoms with Crippen molar-refractivity contribution < 1.29 is 13.2 Å². The SMILES string of the molecule is CC1CC(c2ccccc2)CN1c1ccc(C(=O)N2CCS(=O)(=O)CC2)cn1. The third-order valence-corrected chi connectivity index (χ3v) is 7.38. The molecular formula is C21H25N3O3S. The van der Waals surface area contributed by atoms with Gasteiger partial charge in [-0.25, -0.2) is 13.4 Å². The van der Waals surface area contributed by atoms with Gasteiger partial charge in [-0.15, -0.1) is 0 Å². The Balaban J connectivity index is 1.44. The predicted molar refractivity (Wildman–Crippen MR) is 109 cm³/mol. The van der Waals surface area contributed by atoms with Crippen molar-refractivity contribution in [3.8, 4) is 0 Å². The molecule has 2 saturated heterocycles. The second-order valence-electron chi connectivity index (χ2n) is 7.69. The minimum Gasteiger partial charge on any atom is -0.353 e. The Morgan fingerprint density at radius 1 is 1.07 bits per heavy atom. The summed E-state index contributed by atoms with van der Waals surface area (Å²) in [7, 11) is -3.00. The number of amides is 1. The molecule has 2 aliphatic rings. The molecular weight excluding hydrogens is 374 g/mol. The van der Waals surface area contributed by atoms with E-state index in [9.17, 15) is 13.2 Å². The first-order chi connectivity index (χ1) is 13.4. The van der Waals surface area contributed by atoms with Gasteiger partial charge >= 0.3 is 0 Å². The highest BCUT2D eigenvalue weighted by atomic mass is 32.2. The summed E-state index contributed by atoms with van der Waals surface area (Å²) in [5.41, 5.74) is 1.86. The minimum absolute atomic E-state index is 0.0381. The molecule has 0 spiro atoms. The van der Waals surface area contributed by atoms with E-state index in [4.69, 9.17) is 0 Å². The highest BCUT2D eigenvalue weighted by molar-refractivity contribution is 7.91. The molecule has 0 saturated carbocycles. The quantitative estimate of drug-likeness (QED) is 0.792. The van der Waals surface area contributed by atoms with Gasteiger partial charge in [0, 0.05) is 37.8 Å². The highest BCUT2D eigenvalue weighted by Gasteiger charge is 2.31. The fourth-order valence-electron chi connectivity index (χ4n) is 4.10. The molecule has 0 aliphatic carbocycles. The molecule has 6 nitrogen and oxygen atoms in total. The summed E-state index contributed by atoms with van der Waals surface area (Å²) in [5, 5.41) is 0. The number of sulfone groups is 1. The molecule has 1 aromatic carbocycles. The van der Waals surface area contributed by atoms with Crippen LogP contribution in [0.5, 0.6) is 0 Å². The summed E-state index contributed by atoms with van der Waals surface area (Å²) in [6.45, 7) is 3.63. The Hall–Kier alpha value is -2.41. The number of anilines is 1. The zero-order valence-corrected chi connectivity index (χ0v) is 16.8. The third-order valence-electron chi connectivity index (χ3n) is 5.77. The van der Waals surface area contributed by atoms with E-state index >= 15 is 0 Å². The maximum absolute atomic E-state index is 12.6. The van der Waals surface area contributed by atoms with Crippen LogP contribution in [-0.2, 0) is 9.84 Å². The second kappa shape index (κ2) is 7.54. The molecule has 1 aromatic heterocycles. The van der Waals surface area contributed by atoms with Crippen molar-refractivity contribution in [1.29, 1.82) is 0 Å². The van der Waals surface area contributed by atoms with Crippen LogP contribution in [-0.4, -0.2) is 61.4 Å². The fourth-order valence-corrected chi connectivity index (χ4v) is 5.30. The molecule has 2 fully saturated rings. The van der Waals surface area contributed by atoms with Gasteiger partial charge < -0.3 is 9.80 Å². The smallest absolute Gasteiger partial charge is 0.255 e. The molecule has 0 bridgehead atoms. The molecule has 0 N–H and O–H groups in total. The summed E-state index contributed by atoms with van der Waals surface area (Å²) in [4.78, 5) is 21.1. The molecule has 2 aromatic rings. The molecule has 1 amide bonds. The lowest BCUT2D eigenvalue weighted by Crippen LogP contribution is -2.43. The Morgan fingerprint density at radius 2 is 1.79 bits per heavy atom. The standard InChI is InChI=1S/C21H25N3O3S/c1-16-13-19(17-5-3-2-4-6-17)15-24(16)20-8-7-18(14-22-20)21(25)23-9-11-28(26,27)12-10-23/h2-8,14,16,19H,9-13,15H2,1H3. The van der Waals surface area contributed by atoms with E-state index in [0.717, 1.165) is 18.8 Å². The topological polar surface area (TPSA) is 70.6 Å². The van der Waals surface area contributed by atoms with Crippen LogP contribution in [0.1, 0.15) is 35.2 Å². The largest absolute Gasteiger partial charge is 0.353 e. The number of nitrogens with zero attached hydrogens (tertiary/aromatic N) is 3. The first kappa shape index (κ1) is 18.9. The summed E-state index contributed by atoms with van der Waals surface area (Å²) >= 11 is 0. The minimum atomic E-state index is -3.00. The predicted octanol–water partition coefficient (Wildman–Crippen LogP) is 2.33. The zero-order chi connectivity index (χ0) is 19.7. The lowest BCUT2D eigenvalue weighted by atomic mass is 9.97. The molecule has 4 rings (SSSR count). The highest BCUT2D eigenvalue weighted by Crippen LogP contribution is 2.34. The number of rotatable bonds is 3. The van der Waals surface area contributed by atoms with E-state index in [-0.39, 0.29) is 30.5 Å². The Morgan fingerprint density at radius 3 is 2.43 bits per heavy atom. The Bertz CT molecular complexity index is 931. The van der Waals surface area contributed by atoms with Crippen LogP contribution in [0.25, 0.3) is 0 Å². The van der Waals surface area contributed by atoms with Gasteiger partial charge in [-0.1, -0.05) is 30.3 Å². The molecule has 7 heteroatoms. The summed E-state index contributed by atoms with van der Waals surface area (Å²) in [6.07, 6.45) is 2.69. The summed E-state index contributed by atoms with van der Waals surface area (Å²) in [5.74, 6) is 1.29. The van der Waals surface area contributed by atoms with Crippen LogP contribution >= 0.6 is 0 Å². The summed E-state index contributed by atoms with van der Waals surface area (Å²) in [6, 6.07) is 14.6. The van der Waals surface area contributed by atoms with Gasteiger partial charge in [0.05, 0.1) is 17.1 Å². The second-order valence-corrected chi connectivity index (χ2v) is 10.00. The van der Waals surface area contributed by atoms with Crippen LogP contribution in [0.3, 0.4) is 0 Å². The monoisotopic (exact) mass is 399 g/mol. The molecule has 28 heavy (non-hydrogen) atoms. The number of hydrogen-bond acceptors (Lipinski definition) is 5. The van der Waals surface area contributed by atoms with Crippen LogP contribution in [0.15, 0.2) is 48.7 Å². The van der Waals surface area contributed by atoms with E-state index in [2.05, 4.69) is 41.1 Å². The van der Waals surface area contributed by atoms with Crippen LogP contribution in [0, 0.1) is 0 Å². The van der Waals surface area contributed by atoms with Gasteiger partial charge in [0.1, 0.15) is 5.82 Å². The van der Waals surface area contributed by atoms with Gasteiger partial charge in [-0.05, 0) is 31.0 Å². The average Bonchev–Trinajstić information content (AvgIpc) is 3.10. The van der Waals surface area contributed by atoms with Gasteiger partial charge in [-0.3, -0.25) is 4.79 Å². The van der Waals surface area contributed by atoms with Gasteiger partial charge in [0.25, 0.3) is 5.91 Å². The normalized spacial score (nSPS) is 24.3. The maximum Gasteiger partial charge on any atom is 0.255 e. The summed E-state index contributed by atoms with van der Waals surface area (Å²) < 4.78 is 23.1.